The van der Waals surface area contributed by atoms with Gasteiger partial charge in [0.05, 0.1) is 18.2 Å². The van der Waals surface area contributed by atoms with Crippen LogP contribution in [0.2, 0.25) is 0 Å². The molecule has 2 aliphatic carbocycles. The molecule has 0 unspecified atom stereocenters. The Labute approximate surface area is 160 Å². The molecule has 1 aliphatic heterocycles. The van der Waals surface area contributed by atoms with Gasteiger partial charge in [0.2, 0.25) is 0 Å². The Morgan fingerprint density at radius 2 is 1.89 bits per heavy atom. The first-order valence-corrected chi connectivity index (χ1v) is 10.3. The highest BCUT2D eigenvalue weighted by Crippen LogP contribution is 2.39. The number of ether oxygens (including phenoxy) is 1. The van der Waals surface area contributed by atoms with E-state index < -0.39 is 0 Å². The number of hydrogen-bond acceptors (Lipinski definition) is 3. The van der Waals surface area contributed by atoms with Crippen molar-refractivity contribution >= 4 is 5.91 Å². The number of benzene rings is 1. The van der Waals surface area contributed by atoms with Gasteiger partial charge in [-0.15, -0.1) is 0 Å². The first-order valence-electron chi connectivity index (χ1n) is 10.3. The number of amides is 1. The van der Waals surface area contributed by atoms with E-state index in [0.29, 0.717) is 19.0 Å². The van der Waals surface area contributed by atoms with Crippen LogP contribution in [0.1, 0.15) is 59.0 Å². The summed E-state index contributed by atoms with van der Waals surface area (Å²) in [7, 11) is 0. The number of rotatable bonds is 3. The molecule has 0 spiro atoms. The fourth-order valence-corrected chi connectivity index (χ4v) is 4.42. The van der Waals surface area contributed by atoms with Crippen LogP contribution < -0.4 is 0 Å². The van der Waals surface area contributed by atoms with Gasteiger partial charge in [-0.05, 0) is 61.6 Å². The summed E-state index contributed by atoms with van der Waals surface area (Å²) < 4.78 is 6.39. The number of carbonyl (C=O) groups excluding carboxylic acids is 1. The third-order valence-corrected chi connectivity index (χ3v) is 6.15. The lowest BCUT2D eigenvalue weighted by atomic mass is 9.95. The highest BCUT2D eigenvalue weighted by atomic mass is 16.5. The van der Waals surface area contributed by atoms with E-state index >= 15 is 0 Å². The van der Waals surface area contributed by atoms with Crippen LogP contribution in [0.4, 0.5) is 0 Å². The first kappa shape index (κ1) is 16.9. The summed E-state index contributed by atoms with van der Waals surface area (Å²) in [5, 5.41) is 0. The average Bonchev–Trinajstić information content (AvgIpc) is 3.59. The van der Waals surface area contributed by atoms with E-state index in [1.807, 2.05) is 23.1 Å². The van der Waals surface area contributed by atoms with Crippen molar-refractivity contribution in [2.24, 2.45) is 5.92 Å². The standard InChI is InChI=1S/C23H26N2O2/c26-23(19-12-18-8-4-5-9-20(18)24-13-19)25-14-21(16-6-2-1-3-7-16)27-22(15-25)17-10-11-17/h1-3,6-7,12-13,17,21-22H,4-5,8-11,14-15H2/t21-,22+/m0/s1. The summed E-state index contributed by atoms with van der Waals surface area (Å²) in [4.78, 5) is 19.9. The Kier molecular flexibility index (Phi) is 4.44. The molecule has 140 valence electrons. The highest BCUT2D eigenvalue weighted by Gasteiger charge is 2.40. The van der Waals surface area contributed by atoms with Gasteiger partial charge in [-0.3, -0.25) is 9.78 Å². The smallest absolute Gasteiger partial charge is 0.255 e. The number of nitrogens with zero attached hydrogens (tertiary/aromatic N) is 2. The maximum Gasteiger partial charge on any atom is 0.255 e. The van der Waals surface area contributed by atoms with E-state index in [1.54, 1.807) is 6.20 Å². The van der Waals surface area contributed by atoms with Gasteiger partial charge in [-0.1, -0.05) is 30.3 Å². The van der Waals surface area contributed by atoms with Crippen molar-refractivity contribution in [3.63, 3.8) is 0 Å². The molecular formula is C23H26N2O2. The van der Waals surface area contributed by atoms with Crippen molar-refractivity contribution in [2.45, 2.75) is 50.7 Å². The maximum atomic E-state index is 13.3. The van der Waals surface area contributed by atoms with Crippen LogP contribution in [0.5, 0.6) is 0 Å². The van der Waals surface area contributed by atoms with Gasteiger partial charge in [-0.2, -0.15) is 0 Å². The molecule has 4 heteroatoms. The molecule has 1 saturated carbocycles. The van der Waals surface area contributed by atoms with Gasteiger partial charge in [0.25, 0.3) is 5.91 Å². The van der Waals surface area contributed by atoms with Crippen LogP contribution in [0.3, 0.4) is 0 Å². The van der Waals surface area contributed by atoms with Gasteiger partial charge in [0.15, 0.2) is 0 Å². The number of hydrogen-bond donors (Lipinski definition) is 0. The molecule has 2 heterocycles. The molecule has 0 radical (unpaired) electrons. The summed E-state index contributed by atoms with van der Waals surface area (Å²) in [5.41, 5.74) is 4.33. The zero-order valence-electron chi connectivity index (χ0n) is 15.6. The van der Waals surface area contributed by atoms with E-state index in [9.17, 15) is 4.79 Å². The summed E-state index contributed by atoms with van der Waals surface area (Å²) in [6.45, 7) is 1.31. The van der Waals surface area contributed by atoms with E-state index in [4.69, 9.17) is 4.74 Å². The lowest BCUT2D eigenvalue weighted by Crippen LogP contribution is -2.47. The molecule has 2 fully saturated rings. The van der Waals surface area contributed by atoms with Crippen molar-refractivity contribution in [1.82, 2.24) is 9.88 Å². The van der Waals surface area contributed by atoms with Crippen LogP contribution in [0, 0.1) is 5.92 Å². The topological polar surface area (TPSA) is 42.4 Å². The fraction of sp³-hybridized carbons (Fsp3) is 0.478. The molecule has 1 saturated heterocycles. The number of morpholine rings is 1. The maximum absolute atomic E-state index is 13.3. The second-order valence-electron chi connectivity index (χ2n) is 8.16. The SMILES string of the molecule is O=C(c1cnc2c(c1)CCCC2)N1C[C@@H](c2ccccc2)O[C@@H](C2CC2)C1. The van der Waals surface area contributed by atoms with E-state index in [0.717, 1.165) is 24.0 Å². The van der Waals surface area contributed by atoms with Gasteiger partial charge in [-0.25, -0.2) is 0 Å². The quantitative estimate of drug-likeness (QED) is 0.830. The van der Waals surface area contributed by atoms with Crippen LogP contribution in [0.15, 0.2) is 42.6 Å². The molecule has 1 aromatic carbocycles. The molecule has 0 N–H and O–H groups in total. The van der Waals surface area contributed by atoms with E-state index in [-0.39, 0.29) is 18.1 Å². The molecule has 0 bridgehead atoms. The fourth-order valence-electron chi connectivity index (χ4n) is 4.42. The third kappa shape index (κ3) is 3.51. The molecule has 2 aromatic rings. The van der Waals surface area contributed by atoms with Crippen molar-refractivity contribution in [3.8, 4) is 0 Å². The molecule has 4 nitrogen and oxygen atoms in total. The number of aryl methyl sites for hydroxylation is 2. The monoisotopic (exact) mass is 362 g/mol. The summed E-state index contributed by atoms with van der Waals surface area (Å²) in [6.07, 6.45) is 8.82. The Bertz CT molecular complexity index is 832. The largest absolute Gasteiger partial charge is 0.366 e. The zero-order chi connectivity index (χ0) is 18.2. The molecular weight excluding hydrogens is 336 g/mol. The Balaban J connectivity index is 1.39. The molecule has 3 aliphatic rings. The van der Waals surface area contributed by atoms with Gasteiger partial charge in [0, 0.05) is 18.4 Å². The van der Waals surface area contributed by atoms with Crippen LogP contribution in [0.25, 0.3) is 0 Å². The second kappa shape index (κ2) is 7.08. The van der Waals surface area contributed by atoms with Crippen molar-refractivity contribution in [1.29, 1.82) is 0 Å². The predicted octanol–water partition coefficient (Wildman–Crippen LogP) is 3.95. The summed E-state index contributed by atoms with van der Waals surface area (Å²) >= 11 is 0. The van der Waals surface area contributed by atoms with Crippen molar-refractivity contribution in [2.75, 3.05) is 13.1 Å². The normalized spacial score (nSPS) is 25.1. The molecule has 1 amide bonds. The minimum absolute atomic E-state index is 0.0416. The summed E-state index contributed by atoms with van der Waals surface area (Å²) in [5.74, 6) is 0.708. The van der Waals surface area contributed by atoms with Crippen LogP contribution in [-0.2, 0) is 17.6 Å². The van der Waals surface area contributed by atoms with Crippen molar-refractivity contribution in [3.05, 3.63) is 65.0 Å². The molecule has 2 atom stereocenters. The van der Waals surface area contributed by atoms with Gasteiger partial charge >= 0.3 is 0 Å². The molecule has 1 aromatic heterocycles. The predicted molar refractivity (Wildman–Crippen MR) is 104 cm³/mol. The lowest BCUT2D eigenvalue weighted by molar-refractivity contribution is -0.0864. The minimum atomic E-state index is -0.0416. The number of aromatic nitrogens is 1. The number of carbonyl (C=O) groups is 1. The third-order valence-electron chi connectivity index (χ3n) is 6.15. The summed E-state index contributed by atoms with van der Waals surface area (Å²) in [6, 6.07) is 12.4. The lowest BCUT2D eigenvalue weighted by Gasteiger charge is -2.38. The second-order valence-corrected chi connectivity index (χ2v) is 8.16. The minimum Gasteiger partial charge on any atom is -0.366 e. The number of pyridine rings is 1. The van der Waals surface area contributed by atoms with Crippen LogP contribution in [-0.4, -0.2) is 35.0 Å². The number of fused-ring (bicyclic) bond motifs is 1. The Morgan fingerprint density at radius 1 is 1.07 bits per heavy atom. The highest BCUT2D eigenvalue weighted by molar-refractivity contribution is 5.94. The molecule has 27 heavy (non-hydrogen) atoms. The first-order chi connectivity index (χ1) is 13.3. The van der Waals surface area contributed by atoms with E-state index in [1.165, 1.54) is 36.9 Å². The van der Waals surface area contributed by atoms with Crippen LogP contribution >= 0.6 is 0 Å². The Hall–Kier alpha value is -2.20. The zero-order valence-corrected chi connectivity index (χ0v) is 15.6. The average molecular weight is 362 g/mol. The Morgan fingerprint density at radius 3 is 2.70 bits per heavy atom. The van der Waals surface area contributed by atoms with E-state index in [2.05, 4.69) is 23.2 Å². The van der Waals surface area contributed by atoms with Gasteiger partial charge in [0.1, 0.15) is 6.10 Å². The molecule has 5 rings (SSSR count). The van der Waals surface area contributed by atoms with Crippen molar-refractivity contribution < 1.29 is 9.53 Å². The van der Waals surface area contributed by atoms with Gasteiger partial charge < -0.3 is 9.64 Å².